The summed E-state index contributed by atoms with van der Waals surface area (Å²) in [5.74, 6) is -0.113. The molecule has 1 fully saturated rings. The van der Waals surface area contributed by atoms with Crippen LogP contribution in [-0.4, -0.2) is 40.6 Å². The zero-order valence-corrected chi connectivity index (χ0v) is 16.9. The number of thiazole rings is 1. The summed E-state index contributed by atoms with van der Waals surface area (Å²) in [6, 6.07) is 0. The fraction of sp³-hybridized carbons (Fsp3) is 0.737. The maximum absolute atomic E-state index is 12.9. The van der Waals surface area contributed by atoms with Crippen molar-refractivity contribution in [2.24, 2.45) is 5.92 Å². The van der Waals surface area contributed by atoms with Crippen molar-refractivity contribution in [1.82, 2.24) is 15.2 Å². The number of rotatable bonds is 7. The molecule has 0 spiro atoms. The third kappa shape index (κ3) is 7.03. The van der Waals surface area contributed by atoms with E-state index in [0.717, 1.165) is 37.2 Å². The van der Waals surface area contributed by atoms with Crippen molar-refractivity contribution in [3.63, 3.8) is 0 Å². The Kier molecular flexibility index (Phi) is 8.03. The summed E-state index contributed by atoms with van der Waals surface area (Å²) in [6.07, 6.45) is 7.02. The highest BCUT2D eigenvalue weighted by Crippen LogP contribution is 2.26. The molecule has 0 bridgehead atoms. The van der Waals surface area contributed by atoms with Gasteiger partial charge >= 0.3 is 6.09 Å². The van der Waals surface area contributed by atoms with Gasteiger partial charge in [0, 0.05) is 30.6 Å². The normalized spacial score (nSPS) is 15.7. The van der Waals surface area contributed by atoms with E-state index in [4.69, 9.17) is 4.74 Å². The Morgan fingerprint density at radius 2 is 2.04 bits per heavy atom. The van der Waals surface area contributed by atoms with Crippen LogP contribution in [0.3, 0.4) is 0 Å². The first-order valence-electron chi connectivity index (χ1n) is 9.50. The number of carbonyl (C=O) groups excluding carboxylic acids is 2. The quantitative estimate of drug-likeness (QED) is 0.724. The highest BCUT2D eigenvalue weighted by molar-refractivity contribution is 7.09. The van der Waals surface area contributed by atoms with Gasteiger partial charge in [-0.25, -0.2) is 14.7 Å². The van der Waals surface area contributed by atoms with Gasteiger partial charge in [-0.1, -0.05) is 19.3 Å². The van der Waals surface area contributed by atoms with Crippen LogP contribution in [0.1, 0.15) is 64.3 Å². The average Bonchev–Trinajstić information content (AvgIpc) is 3.10. The molecule has 146 valence electrons. The third-order valence-electron chi connectivity index (χ3n) is 4.33. The second-order valence-corrected chi connectivity index (χ2v) is 8.74. The molecule has 0 unspecified atom stereocenters. The standard InChI is InChI=1S/C19H31N3O3S/c1-19(2,3)25-18(24)22(17(23)15-8-5-4-6-9-15)12-7-10-20-14-16-21-11-13-26-16/h11,13,15,20H,4-10,12,14H2,1-3H3. The van der Waals surface area contributed by atoms with Gasteiger partial charge in [-0.05, 0) is 46.6 Å². The van der Waals surface area contributed by atoms with Crippen LogP contribution in [0.5, 0.6) is 0 Å². The molecule has 0 aliphatic heterocycles. The number of amides is 2. The summed E-state index contributed by atoms with van der Waals surface area (Å²) in [5, 5.41) is 6.29. The van der Waals surface area contributed by atoms with Crippen molar-refractivity contribution in [2.45, 2.75) is 71.4 Å². The number of ether oxygens (including phenoxy) is 1. The first-order valence-corrected chi connectivity index (χ1v) is 10.4. The summed E-state index contributed by atoms with van der Waals surface area (Å²) in [5.41, 5.74) is -0.606. The largest absolute Gasteiger partial charge is 0.443 e. The second kappa shape index (κ2) is 10.0. The predicted octanol–water partition coefficient (Wildman–Crippen LogP) is 3.97. The van der Waals surface area contributed by atoms with Crippen LogP contribution in [0, 0.1) is 5.92 Å². The van der Waals surface area contributed by atoms with E-state index in [1.807, 2.05) is 26.2 Å². The Labute approximate surface area is 160 Å². The van der Waals surface area contributed by atoms with Crippen LogP contribution < -0.4 is 5.32 Å². The van der Waals surface area contributed by atoms with Gasteiger partial charge in [-0.15, -0.1) is 11.3 Å². The van der Waals surface area contributed by atoms with Gasteiger partial charge in [0.2, 0.25) is 5.91 Å². The molecule has 6 nitrogen and oxygen atoms in total. The van der Waals surface area contributed by atoms with Crippen molar-refractivity contribution >= 4 is 23.3 Å². The zero-order valence-electron chi connectivity index (χ0n) is 16.1. The van der Waals surface area contributed by atoms with Crippen LogP contribution in [0.2, 0.25) is 0 Å². The molecule has 2 amide bonds. The summed E-state index contributed by atoms with van der Waals surface area (Å²) in [7, 11) is 0. The minimum absolute atomic E-state index is 0.0421. The maximum Gasteiger partial charge on any atom is 0.417 e. The molecule has 0 radical (unpaired) electrons. The third-order valence-corrected chi connectivity index (χ3v) is 5.11. The molecule has 0 atom stereocenters. The minimum atomic E-state index is -0.606. The van der Waals surface area contributed by atoms with Crippen molar-refractivity contribution < 1.29 is 14.3 Å². The minimum Gasteiger partial charge on any atom is -0.443 e. The monoisotopic (exact) mass is 381 g/mol. The van der Waals surface area contributed by atoms with Gasteiger partial charge in [-0.3, -0.25) is 4.79 Å². The molecule has 1 heterocycles. The Balaban J connectivity index is 1.86. The molecule has 1 aliphatic rings. The first-order chi connectivity index (χ1) is 12.4. The molecule has 26 heavy (non-hydrogen) atoms. The Bertz CT molecular complexity index is 563. The van der Waals surface area contributed by atoms with Gasteiger partial charge in [0.1, 0.15) is 10.6 Å². The highest BCUT2D eigenvalue weighted by Gasteiger charge is 2.32. The summed E-state index contributed by atoms with van der Waals surface area (Å²) >= 11 is 1.61. The van der Waals surface area contributed by atoms with E-state index in [2.05, 4.69) is 10.3 Å². The number of carbonyl (C=O) groups is 2. The van der Waals surface area contributed by atoms with E-state index in [0.29, 0.717) is 19.5 Å². The van der Waals surface area contributed by atoms with Crippen LogP contribution in [0.15, 0.2) is 11.6 Å². The van der Waals surface area contributed by atoms with Crippen LogP contribution in [0.25, 0.3) is 0 Å². The molecule has 2 rings (SSSR count). The lowest BCUT2D eigenvalue weighted by Gasteiger charge is -2.30. The van der Waals surface area contributed by atoms with Crippen molar-refractivity contribution in [1.29, 1.82) is 0 Å². The van der Waals surface area contributed by atoms with Crippen LogP contribution in [-0.2, 0) is 16.1 Å². The SMILES string of the molecule is CC(C)(C)OC(=O)N(CCCNCc1nccs1)C(=O)C1CCCCC1. The molecule has 1 aromatic rings. The van der Waals surface area contributed by atoms with Crippen molar-refractivity contribution in [3.05, 3.63) is 16.6 Å². The fourth-order valence-electron chi connectivity index (χ4n) is 3.08. The lowest BCUT2D eigenvalue weighted by Crippen LogP contribution is -2.45. The van der Waals surface area contributed by atoms with E-state index >= 15 is 0 Å². The molecular weight excluding hydrogens is 350 g/mol. The fourth-order valence-corrected chi connectivity index (χ4v) is 3.66. The van der Waals surface area contributed by atoms with E-state index in [1.54, 1.807) is 17.5 Å². The summed E-state index contributed by atoms with van der Waals surface area (Å²) in [4.78, 5) is 31.0. The smallest absolute Gasteiger partial charge is 0.417 e. The summed E-state index contributed by atoms with van der Waals surface area (Å²) < 4.78 is 5.47. The van der Waals surface area contributed by atoms with Gasteiger partial charge < -0.3 is 10.1 Å². The Morgan fingerprint density at radius 3 is 2.65 bits per heavy atom. The molecule has 0 saturated heterocycles. The second-order valence-electron chi connectivity index (χ2n) is 7.76. The van der Waals surface area contributed by atoms with Gasteiger partial charge in [0.25, 0.3) is 0 Å². The number of imide groups is 1. The number of nitrogens with zero attached hydrogens (tertiary/aromatic N) is 2. The van der Waals surface area contributed by atoms with Gasteiger partial charge in [0.15, 0.2) is 0 Å². The van der Waals surface area contributed by atoms with E-state index < -0.39 is 11.7 Å². The molecular formula is C19H31N3O3S. The van der Waals surface area contributed by atoms with Crippen LogP contribution >= 0.6 is 11.3 Å². The van der Waals surface area contributed by atoms with E-state index in [9.17, 15) is 9.59 Å². The summed E-state index contributed by atoms with van der Waals surface area (Å²) in [6.45, 7) is 7.28. The molecule has 7 heteroatoms. The zero-order chi connectivity index (χ0) is 19.0. The van der Waals surface area contributed by atoms with E-state index in [-0.39, 0.29) is 11.8 Å². The van der Waals surface area contributed by atoms with E-state index in [1.165, 1.54) is 11.3 Å². The maximum atomic E-state index is 12.9. The molecule has 1 aliphatic carbocycles. The van der Waals surface area contributed by atoms with Gasteiger partial charge in [-0.2, -0.15) is 0 Å². The molecule has 0 aromatic carbocycles. The Hall–Kier alpha value is -1.47. The highest BCUT2D eigenvalue weighted by atomic mass is 32.1. The number of nitrogens with one attached hydrogen (secondary N) is 1. The number of hydrogen-bond donors (Lipinski definition) is 1. The molecule has 1 N–H and O–H groups in total. The topological polar surface area (TPSA) is 71.5 Å². The van der Waals surface area contributed by atoms with Crippen molar-refractivity contribution in [2.75, 3.05) is 13.1 Å². The average molecular weight is 382 g/mol. The van der Waals surface area contributed by atoms with Crippen LogP contribution in [0.4, 0.5) is 4.79 Å². The number of aromatic nitrogens is 1. The van der Waals surface area contributed by atoms with Crippen molar-refractivity contribution in [3.8, 4) is 0 Å². The molecule has 1 saturated carbocycles. The number of hydrogen-bond acceptors (Lipinski definition) is 6. The lowest BCUT2D eigenvalue weighted by atomic mass is 9.88. The predicted molar refractivity (Wildman–Crippen MR) is 103 cm³/mol. The van der Waals surface area contributed by atoms with Gasteiger partial charge in [0.05, 0.1) is 0 Å². The Morgan fingerprint density at radius 1 is 1.31 bits per heavy atom. The lowest BCUT2D eigenvalue weighted by molar-refractivity contribution is -0.135. The first kappa shape index (κ1) is 20.8. The molecule has 1 aromatic heterocycles.